The van der Waals surface area contributed by atoms with Crippen LogP contribution in [-0.4, -0.2) is 54.1 Å². The maximum absolute atomic E-state index is 11.8. The van der Waals surface area contributed by atoms with E-state index in [9.17, 15) is 4.79 Å². The van der Waals surface area contributed by atoms with Crippen LogP contribution in [0.15, 0.2) is 0 Å². The summed E-state index contributed by atoms with van der Waals surface area (Å²) in [4.78, 5) is 13.7. The highest BCUT2D eigenvalue weighted by Gasteiger charge is 2.34. The molecule has 0 saturated carbocycles. The Morgan fingerprint density at radius 3 is 2.88 bits per heavy atom. The first-order chi connectivity index (χ1) is 7.48. The number of hydrogen-bond acceptors (Lipinski definition) is 3. The summed E-state index contributed by atoms with van der Waals surface area (Å²) >= 11 is 3.40. The molecule has 5 heteroatoms. The van der Waals surface area contributed by atoms with Crippen molar-refractivity contribution in [3.05, 3.63) is 0 Å². The summed E-state index contributed by atoms with van der Waals surface area (Å²) in [7, 11) is 0. The molecule has 1 saturated heterocycles. The fourth-order valence-corrected chi connectivity index (χ4v) is 2.18. The molecule has 1 atom stereocenters. The Labute approximate surface area is 105 Å². The lowest BCUT2D eigenvalue weighted by Crippen LogP contribution is -2.55. The average Bonchev–Trinajstić information content (AvgIpc) is 2.23. The Morgan fingerprint density at radius 1 is 1.62 bits per heavy atom. The van der Waals surface area contributed by atoms with Crippen molar-refractivity contribution >= 4 is 21.8 Å². The van der Waals surface area contributed by atoms with Crippen LogP contribution in [0.2, 0.25) is 0 Å². The molecule has 0 spiro atoms. The molecular formula is C11H20BrNO3. The molecule has 1 aliphatic rings. The molecule has 0 aromatic heterocycles. The smallest absolute Gasteiger partial charge is 0.248 e. The molecule has 1 unspecified atom stereocenters. The van der Waals surface area contributed by atoms with E-state index < -0.39 is 0 Å². The molecule has 16 heavy (non-hydrogen) atoms. The number of amides is 1. The Hall–Kier alpha value is -0.130. The van der Waals surface area contributed by atoms with Gasteiger partial charge in [-0.1, -0.05) is 15.9 Å². The minimum absolute atomic E-state index is 0.0455. The van der Waals surface area contributed by atoms with Gasteiger partial charge in [0.15, 0.2) is 0 Å². The number of ether oxygens (including phenoxy) is 2. The van der Waals surface area contributed by atoms with Crippen LogP contribution in [0.4, 0.5) is 0 Å². The van der Waals surface area contributed by atoms with E-state index in [0.717, 1.165) is 5.33 Å². The highest BCUT2D eigenvalue weighted by Crippen LogP contribution is 2.22. The minimum atomic E-state index is -0.279. The van der Waals surface area contributed by atoms with E-state index in [1.165, 1.54) is 0 Å². The second kappa shape index (κ2) is 5.98. The largest absolute Gasteiger partial charge is 0.372 e. The van der Waals surface area contributed by atoms with Gasteiger partial charge in [-0.2, -0.15) is 0 Å². The second-order valence-corrected chi connectivity index (χ2v) is 5.21. The van der Waals surface area contributed by atoms with Gasteiger partial charge in [0.1, 0.15) is 6.61 Å². The molecule has 0 N–H and O–H groups in total. The van der Waals surface area contributed by atoms with Crippen molar-refractivity contribution in [1.29, 1.82) is 0 Å². The van der Waals surface area contributed by atoms with Gasteiger partial charge in [0.2, 0.25) is 5.91 Å². The summed E-state index contributed by atoms with van der Waals surface area (Å²) in [6.07, 6.45) is 0.0642. The van der Waals surface area contributed by atoms with Gasteiger partial charge in [0.25, 0.3) is 0 Å². The first-order valence-electron chi connectivity index (χ1n) is 5.58. The van der Waals surface area contributed by atoms with Crippen molar-refractivity contribution in [2.45, 2.75) is 32.5 Å². The number of rotatable bonds is 4. The van der Waals surface area contributed by atoms with E-state index in [1.807, 2.05) is 25.7 Å². The van der Waals surface area contributed by atoms with Gasteiger partial charge in [0.05, 0.1) is 11.7 Å². The fourth-order valence-electron chi connectivity index (χ4n) is 1.85. The maximum Gasteiger partial charge on any atom is 0.248 e. The van der Waals surface area contributed by atoms with Crippen molar-refractivity contribution in [3.63, 3.8) is 0 Å². The predicted octanol–water partition coefficient (Wildman–Crippen LogP) is 1.42. The summed E-state index contributed by atoms with van der Waals surface area (Å²) in [6.45, 7) is 7.90. The summed E-state index contributed by atoms with van der Waals surface area (Å²) in [6, 6.07) is 0. The molecule has 94 valence electrons. The third-order valence-corrected chi connectivity index (χ3v) is 3.16. The molecular weight excluding hydrogens is 274 g/mol. The molecule has 0 aromatic rings. The highest BCUT2D eigenvalue weighted by atomic mass is 79.9. The average molecular weight is 294 g/mol. The van der Waals surface area contributed by atoms with Gasteiger partial charge in [-0.25, -0.2) is 0 Å². The van der Waals surface area contributed by atoms with Gasteiger partial charge in [-0.3, -0.25) is 4.79 Å². The van der Waals surface area contributed by atoms with Gasteiger partial charge < -0.3 is 14.4 Å². The van der Waals surface area contributed by atoms with Crippen LogP contribution in [0, 0.1) is 0 Å². The SMILES string of the molecule is CCOCC(=O)N1CC(CBr)OC(C)(C)C1. The number of morpholine rings is 1. The minimum Gasteiger partial charge on any atom is -0.372 e. The molecule has 4 nitrogen and oxygen atoms in total. The number of carbonyl (C=O) groups excluding carboxylic acids is 1. The zero-order valence-electron chi connectivity index (χ0n) is 10.2. The first kappa shape index (κ1) is 13.9. The molecule has 1 rings (SSSR count). The molecule has 0 radical (unpaired) electrons. The van der Waals surface area contributed by atoms with E-state index in [1.54, 1.807) is 0 Å². The summed E-state index contributed by atoms with van der Waals surface area (Å²) < 4.78 is 11.0. The molecule has 0 aromatic carbocycles. The van der Waals surface area contributed by atoms with Crippen LogP contribution in [0.3, 0.4) is 0 Å². The zero-order chi connectivity index (χ0) is 12.2. The van der Waals surface area contributed by atoms with Gasteiger partial charge in [0, 0.05) is 25.0 Å². The summed E-state index contributed by atoms with van der Waals surface area (Å²) in [5, 5.41) is 0.745. The second-order valence-electron chi connectivity index (χ2n) is 4.57. The number of alkyl halides is 1. The van der Waals surface area contributed by atoms with E-state index in [4.69, 9.17) is 9.47 Å². The number of halogens is 1. The van der Waals surface area contributed by atoms with Gasteiger partial charge >= 0.3 is 0 Å². The number of carbonyl (C=O) groups is 1. The van der Waals surface area contributed by atoms with Crippen molar-refractivity contribution in [3.8, 4) is 0 Å². The third kappa shape index (κ3) is 4.03. The summed E-state index contributed by atoms with van der Waals surface area (Å²) in [5.74, 6) is 0.0455. The Morgan fingerprint density at radius 2 is 2.31 bits per heavy atom. The normalized spacial score (nSPS) is 24.5. The van der Waals surface area contributed by atoms with E-state index in [-0.39, 0.29) is 24.2 Å². The maximum atomic E-state index is 11.8. The Balaban J connectivity index is 2.55. The third-order valence-electron chi connectivity index (χ3n) is 2.44. The molecule has 1 fully saturated rings. The predicted molar refractivity (Wildman–Crippen MR) is 65.8 cm³/mol. The zero-order valence-corrected chi connectivity index (χ0v) is 11.7. The van der Waals surface area contributed by atoms with Crippen LogP contribution >= 0.6 is 15.9 Å². The van der Waals surface area contributed by atoms with Gasteiger partial charge in [-0.15, -0.1) is 0 Å². The highest BCUT2D eigenvalue weighted by molar-refractivity contribution is 9.09. The quantitative estimate of drug-likeness (QED) is 0.736. The van der Waals surface area contributed by atoms with Crippen LogP contribution < -0.4 is 0 Å². The number of nitrogens with zero attached hydrogens (tertiary/aromatic N) is 1. The van der Waals surface area contributed by atoms with E-state index >= 15 is 0 Å². The van der Waals surface area contributed by atoms with E-state index in [0.29, 0.717) is 19.7 Å². The van der Waals surface area contributed by atoms with Crippen molar-refractivity contribution in [2.75, 3.05) is 31.6 Å². The van der Waals surface area contributed by atoms with Crippen molar-refractivity contribution < 1.29 is 14.3 Å². The molecule has 1 amide bonds. The molecule has 0 aliphatic carbocycles. The first-order valence-corrected chi connectivity index (χ1v) is 6.70. The van der Waals surface area contributed by atoms with Crippen molar-refractivity contribution in [2.24, 2.45) is 0 Å². The molecule has 1 aliphatic heterocycles. The number of hydrogen-bond donors (Lipinski definition) is 0. The van der Waals surface area contributed by atoms with Gasteiger partial charge in [-0.05, 0) is 20.8 Å². The van der Waals surface area contributed by atoms with Crippen LogP contribution in [0.25, 0.3) is 0 Å². The van der Waals surface area contributed by atoms with Crippen molar-refractivity contribution in [1.82, 2.24) is 4.90 Å². The lowest BCUT2D eigenvalue weighted by atomic mass is 10.1. The van der Waals surface area contributed by atoms with E-state index in [2.05, 4.69) is 15.9 Å². The summed E-state index contributed by atoms with van der Waals surface area (Å²) in [5.41, 5.74) is -0.279. The lowest BCUT2D eigenvalue weighted by Gasteiger charge is -2.42. The topological polar surface area (TPSA) is 38.8 Å². The van der Waals surface area contributed by atoms with Crippen LogP contribution in [-0.2, 0) is 14.3 Å². The lowest BCUT2D eigenvalue weighted by molar-refractivity contribution is -0.160. The monoisotopic (exact) mass is 293 g/mol. The standard InChI is InChI=1S/C11H20BrNO3/c1-4-15-7-10(14)13-6-9(5-12)16-11(2,3)8-13/h9H,4-8H2,1-3H3. The molecule has 0 bridgehead atoms. The Kier molecular flexibility index (Phi) is 5.21. The van der Waals surface area contributed by atoms with Crippen LogP contribution in [0.1, 0.15) is 20.8 Å². The van der Waals surface area contributed by atoms with Crippen LogP contribution in [0.5, 0.6) is 0 Å². The molecule has 1 heterocycles. The Bertz CT molecular complexity index is 245. The fraction of sp³-hybridized carbons (Fsp3) is 0.909.